The van der Waals surface area contributed by atoms with E-state index in [0.717, 1.165) is 5.56 Å². The van der Waals surface area contributed by atoms with Crippen LogP contribution in [0.1, 0.15) is 31.2 Å². The Morgan fingerprint density at radius 1 is 1.28 bits per heavy atom. The van der Waals surface area contributed by atoms with Gasteiger partial charge in [-0.1, -0.05) is 18.2 Å². The molecular weight excluding hydrogens is 320 g/mol. The first-order valence-corrected chi connectivity index (χ1v) is 8.45. The van der Waals surface area contributed by atoms with E-state index < -0.39 is 6.04 Å². The Labute approximate surface area is 147 Å². The van der Waals surface area contributed by atoms with Crippen LogP contribution >= 0.6 is 0 Å². The minimum atomic E-state index is -0.427. The van der Waals surface area contributed by atoms with Gasteiger partial charge >= 0.3 is 6.03 Å². The molecule has 0 radical (unpaired) electrons. The van der Waals surface area contributed by atoms with Crippen molar-refractivity contribution in [1.82, 2.24) is 10.2 Å². The zero-order chi connectivity index (χ0) is 17.8. The van der Waals surface area contributed by atoms with Crippen LogP contribution in [0.5, 0.6) is 5.75 Å². The highest BCUT2D eigenvalue weighted by atomic mass is 16.5. The van der Waals surface area contributed by atoms with E-state index in [2.05, 4.69) is 5.32 Å². The molecule has 6 nitrogen and oxygen atoms in total. The summed E-state index contributed by atoms with van der Waals surface area (Å²) < 4.78 is 16.6. The minimum absolute atomic E-state index is 0.0196. The van der Waals surface area contributed by atoms with E-state index in [4.69, 9.17) is 13.9 Å². The van der Waals surface area contributed by atoms with Crippen molar-refractivity contribution in [2.45, 2.75) is 32.0 Å². The predicted octanol–water partition coefficient (Wildman–Crippen LogP) is 3.20. The second-order valence-electron chi connectivity index (χ2n) is 6.29. The van der Waals surface area contributed by atoms with E-state index in [1.54, 1.807) is 18.3 Å². The molecule has 1 N–H and O–H groups in total. The monoisotopic (exact) mass is 344 g/mol. The SMILES string of the molecule is COc1ccccc1[C@H](NC(=O)N1C[C@H](C)OC[C@@H]1C)c1ccco1. The standard InChI is InChI=1S/C19H24N2O4/c1-13-12-25-14(2)11-21(13)19(22)20-18(17-9-6-10-24-17)15-7-4-5-8-16(15)23-3/h4-10,13-14,18H,11-12H2,1-3H3,(H,20,22)/t13-,14-,18-/m0/s1. The Hall–Kier alpha value is -2.47. The highest BCUT2D eigenvalue weighted by Crippen LogP contribution is 2.30. The molecule has 3 atom stereocenters. The number of carbonyl (C=O) groups excluding carboxylic acids is 1. The molecule has 0 aliphatic carbocycles. The van der Waals surface area contributed by atoms with Crippen LogP contribution in [0.4, 0.5) is 4.79 Å². The Kier molecular flexibility index (Phi) is 5.28. The van der Waals surface area contributed by atoms with E-state index in [-0.39, 0.29) is 18.2 Å². The summed E-state index contributed by atoms with van der Waals surface area (Å²) in [5, 5.41) is 3.09. The minimum Gasteiger partial charge on any atom is -0.496 e. The van der Waals surface area contributed by atoms with Gasteiger partial charge in [-0.2, -0.15) is 0 Å². The van der Waals surface area contributed by atoms with E-state index in [1.165, 1.54) is 0 Å². The third-order valence-electron chi connectivity index (χ3n) is 4.41. The summed E-state index contributed by atoms with van der Waals surface area (Å²) in [6, 6.07) is 10.7. The summed E-state index contributed by atoms with van der Waals surface area (Å²) in [6.07, 6.45) is 1.62. The lowest BCUT2D eigenvalue weighted by atomic mass is 10.0. The maximum absolute atomic E-state index is 12.9. The number of methoxy groups -OCH3 is 1. The number of carbonyl (C=O) groups is 1. The van der Waals surface area contributed by atoms with Crippen molar-refractivity contribution in [2.24, 2.45) is 0 Å². The molecule has 1 fully saturated rings. The van der Waals surface area contributed by atoms with Gasteiger partial charge in [0.2, 0.25) is 0 Å². The Morgan fingerprint density at radius 3 is 2.80 bits per heavy atom. The fraction of sp³-hybridized carbons (Fsp3) is 0.421. The van der Waals surface area contributed by atoms with Gasteiger partial charge in [-0.25, -0.2) is 4.79 Å². The molecule has 1 aromatic carbocycles. The lowest BCUT2D eigenvalue weighted by Crippen LogP contribution is -2.54. The van der Waals surface area contributed by atoms with Gasteiger partial charge in [-0.05, 0) is 32.0 Å². The summed E-state index contributed by atoms with van der Waals surface area (Å²) in [6.45, 7) is 5.05. The van der Waals surface area contributed by atoms with Crippen LogP contribution in [-0.2, 0) is 4.74 Å². The molecule has 6 heteroatoms. The first-order valence-electron chi connectivity index (χ1n) is 8.45. The molecule has 0 spiro atoms. The smallest absolute Gasteiger partial charge is 0.318 e. The van der Waals surface area contributed by atoms with Crippen molar-refractivity contribution in [3.8, 4) is 5.75 Å². The number of morpholine rings is 1. The normalized spacial score (nSPS) is 21.6. The zero-order valence-corrected chi connectivity index (χ0v) is 14.8. The predicted molar refractivity (Wildman–Crippen MR) is 93.7 cm³/mol. The van der Waals surface area contributed by atoms with Gasteiger partial charge in [0, 0.05) is 12.1 Å². The number of benzene rings is 1. The largest absolute Gasteiger partial charge is 0.496 e. The second kappa shape index (κ2) is 7.61. The molecule has 2 amide bonds. The third kappa shape index (κ3) is 3.79. The number of amides is 2. The summed E-state index contributed by atoms with van der Waals surface area (Å²) in [4.78, 5) is 14.7. The fourth-order valence-corrected chi connectivity index (χ4v) is 3.06. The van der Waals surface area contributed by atoms with Crippen LogP contribution in [-0.4, -0.2) is 43.3 Å². The molecule has 1 aliphatic rings. The lowest BCUT2D eigenvalue weighted by molar-refractivity contribution is -0.0320. The van der Waals surface area contributed by atoms with Gasteiger partial charge in [0.05, 0.1) is 32.1 Å². The molecule has 0 bridgehead atoms. The summed E-state index contributed by atoms with van der Waals surface area (Å²) >= 11 is 0. The topological polar surface area (TPSA) is 63.9 Å². The number of urea groups is 1. The molecule has 2 aromatic rings. The number of hydrogen-bond acceptors (Lipinski definition) is 4. The van der Waals surface area contributed by atoms with Crippen LogP contribution in [0.25, 0.3) is 0 Å². The van der Waals surface area contributed by atoms with Gasteiger partial charge in [0.25, 0.3) is 0 Å². The molecule has 1 saturated heterocycles. The van der Waals surface area contributed by atoms with E-state index in [9.17, 15) is 4.79 Å². The number of hydrogen-bond donors (Lipinski definition) is 1. The number of nitrogens with one attached hydrogen (secondary N) is 1. The van der Waals surface area contributed by atoms with Gasteiger partial charge in [0.15, 0.2) is 0 Å². The average molecular weight is 344 g/mol. The summed E-state index contributed by atoms with van der Waals surface area (Å²) in [5.41, 5.74) is 0.849. The van der Waals surface area contributed by atoms with Crippen molar-refractivity contribution in [3.63, 3.8) is 0 Å². The maximum Gasteiger partial charge on any atom is 0.318 e. The molecule has 2 heterocycles. The first-order chi connectivity index (χ1) is 12.1. The number of ether oxygens (including phenoxy) is 2. The molecule has 0 unspecified atom stereocenters. The zero-order valence-electron chi connectivity index (χ0n) is 14.8. The van der Waals surface area contributed by atoms with Crippen LogP contribution in [0.3, 0.4) is 0 Å². The van der Waals surface area contributed by atoms with Crippen molar-refractivity contribution >= 4 is 6.03 Å². The maximum atomic E-state index is 12.9. The average Bonchev–Trinajstić information content (AvgIpc) is 3.16. The van der Waals surface area contributed by atoms with Crippen molar-refractivity contribution in [3.05, 3.63) is 54.0 Å². The number of para-hydroxylation sites is 1. The molecule has 0 saturated carbocycles. The third-order valence-corrected chi connectivity index (χ3v) is 4.41. The summed E-state index contributed by atoms with van der Waals surface area (Å²) in [5.74, 6) is 1.36. The summed E-state index contributed by atoms with van der Waals surface area (Å²) in [7, 11) is 1.62. The fourth-order valence-electron chi connectivity index (χ4n) is 3.06. The first kappa shape index (κ1) is 17.4. The van der Waals surface area contributed by atoms with Crippen LogP contribution in [0, 0.1) is 0 Å². The van der Waals surface area contributed by atoms with Gasteiger partial charge < -0.3 is 24.1 Å². The molecule has 25 heavy (non-hydrogen) atoms. The van der Waals surface area contributed by atoms with Crippen molar-refractivity contribution < 1.29 is 18.7 Å². The Morgan fingerprint density at radius 2 is 2.08 bits per heavy atom. The Bertz CT molecular complexity index is 701. The number of nitrogens with zero attached hydrogens (tertiary/aromatic N) is 1. The molecule has 1 aromatic heterocycles. The van der Waals surface area contributed by atoms with E-state index in [0.29, 0.717) is 24.7 Å². The van der Waals surface area contributed by atoms with Crippen LogP contribution in [0.2, 0.25) is 0 Å². The van der Waals surface area contributed by atoms with Crippen LogP contribution < -0.4 is 10.1 Å². The molecular formula is C19H24N2O4. The van der Waals surface area contributed by atoms with Gasteiger partial charge in [-0.3, -0.25) is 0 Å². The van der Waals surface area contributed by atoms with Crippen molar-refractivity contribution in [2.75, 3.05) is 20.3 Å². The van der Waals surface area contributed by atoms with Crippen molar-refractivity contribution in [1.29, 1.82) is 0 Å². The quantitative estimate of drug-likeness (QED) is 0.925. The molecule has 134 valence electrons. The molecule has 3 rings (SSSR count). The Balaban J connectivity index is 1.87. The highest BCUT2D eigenvalue weighted by Gasteiger charge is 2.31. The number of furan rings is 1. The van der Waals surface area contributed by atoms with Gasteiger partial charge in [-0.15, -0.1) is 0 Å². The second-order valence-corrected chi connectivity index (χ2v) is 6.29. The van der Waals surface area contributed by atoms with Gasteiger partial charge in [0.1, 0.15) is 17.6 Å². The van der Waals surface area contributed by atoms with Crippen LogP contribution in [0.15, 0.2) is 47.1 Å². The number of rotatable bonds is 4. The van der Waals surface area contributed by atoms with E-state index in [1.807, 2.05) is 50.2 Å². The lowest BCUT2D eigenvalue weighted by Gasteiger charge is -2.37. The van der Waals surface area contributed by atoms with E-state index >= 15 is 0 Å². The molecule has 1 aliphatic heterocycles. The highest BCUT2D eigenvalue weighted by molar-refractivity contribution is 5.76.